The number of carbonyl (C=O) groups is 2. The molecule has 10 heteroatoms. The lowest BCUT2D eigenvalue weighted by Crippen LogP contribution is -2.54. The van der Waals surface area contributed by atoms with Crippen LogP contribution in [0.15, 0.2) is 30.3 Å². The first-order valence-corrected chi connectivity index (χ1v) is 12.1. The molecule has 0 radical (unpaired) electrons. The Hall–Kier alpha value is -2.46. The fraction of sp³-hybridized carbons (Fsp3) is 0.571. The van der Waals surface area contributed by atoms with Crippen molar-refractivity contribution in [1.82, 2.24) is 14.9 Å². The van der Waals surface area contributed by atoms with E-state index in [1.165, 1.54) is 4.90 Å². The minimum absolute atomic E-state index is 0.0976. The number of carbonyl (C=O) groups excluding carboxylic acids is 2. The summed E-state index contributed by atoms with van der Waals surface area (Å²) in [5.41, 5.74) is 6.25. The molecule has 2 amide bonds. The van der Waals surface area contributed by atoms with Crippen LogP contribution in [0.25, 0.3) is 0 Å². The number of likely N-dealkylation sites (tertiary alicyclic amines) is 1. The molecule has 0 spiro atoms. The minimum Gasteiger partial charge on any atom is -0.387 e. The predicted molar refractivity (Wildman–Crippen MR) is 120 cm³/mol. The topological polar surface area (TPSA) is 145 Å². The molecule has 1 saturated heterocycles. The maximum Gasteiger partial charge on any atom is 0.243 e. The van der Waals surface area contributed by atoms with Gasteiger partial charge in [0, 0.05) is 19.0 Å². The largest absolute Gasteiger partial charge is 0.387 e. The Bertz CT molecular complexity index is 911. The van der Waals surface area contributed by atoms with Crippen molar-refractivity contribution in [2.45, 2.75) is 52.2 Å². The van der Waals surface area contributed by atoms with E-state index >= 15 is 0 Å². The van der Waals surface area contributed by atoms with Gasteiger partial charge in [-0.2, -0.15) is 0 Å². The van der Waals surface area contributed by atoms with Gasteiger partial charge in [-0.1, -0.05) is 51.1 Å². The maximum atomic E-state index is 13.4. The second kappa shape index (κ2) is 9.78. The summed E-state index contributed by atoms with van der Waals surface area (Å²) in [5, 5.41) is 10.6. The van der Waals surface area contributed by atoms with E-state index in [4.69, 9.17) is 11.1 Å². The minimum atomic E-state index is -3.65. The Balaban J connectivity index is 2.23. The molecule has 0 aromatic heterocycles. The third-order valence-corrected chi connectivity index (χ3v) is 5.82. The van der Waals surface area contributed by atoms with Crippen molar-refractivity contribution in [2.24, 2.45) is 17.1 Å². The summed E-state index contributed by atoms with van der Waals surface area (Å²) in [6.07, 6.45) is 1.49. The number of hydrogen-bond donors (Lipinski definition) is 4. The molecule has 1 unspecified atom stereocenters. The van der Waals surface area contributed by atoms with Gasteiger partial charge in [-0.05, 0) is 23.8 Å². The highest BCUT2D eigenvalue weighted by atomic mass is 32.2. The summed E-state index contributed by atoms with van der Waals surface area (Å²) in [4.78, 5) is 27.7. The lowest BCUT2D eigenvalue weighted by atomic mass is 9.88. The molecule has 0 aliphatic carbocycles. The van der Waals surface area contributed by atoms with E-state index in [1.54, 1.807) is 0 Å². The van der Waals surface area contributed by atoms with Crippen LogP contribution < -0.4 is 15.8 Å². The molecule has 0 saturated carbocycles. The van der Waals surface area contributed by atoms with Gasteiger partial charge >= 0.3 is 0 Å². The van der Waals surface area contributed by atoms with Gasteiger partial charge in [-0.3, -0.25) is 15.0 Å². The van der Waals surface area contributed by atoms with Crippen LogP contribution in [0.2, 0.25) is 0 Å². The Morgan fingerprint density at radius 2 is 1.87 bits per heavy atom. The molecule has 3 atom stereocenters. The van der Waals surface area contributed by atoms with E-state index in [0.717, 1.165) is 11.8 Å². The summed E-state index contributed by atoms with van der Waals surface area (Å²) in [6, 6.07) is 7.54. The quantitative estimate of drug-likeness (QED) is 0.341. The number of nitrogens with one attached hydrogen (secondary N) is 3. The van der Waals surface area contributed by atoms with Crippen LogP contribution >= 0.6 is 0 Å². The van der Waals surface area contributed by atoms with Crippen molar-refractivity contribution in [3.05, 3.63) is 35.9 Å². The zero-order valence-corrected chi connectivity index (χ0v) is 19.3. The third kappa shape index (κ3) is 7.62. The molecule has 1 aromatic carbocycles. The number of amidine groups is 1. The fourth-order valence-corrected chi connectivity index (χ4v) is 4.41. The lowest BCUT2D eigenvalue weighted by molar-refractivity contribution is -0.140. The van der Waals surface area contributed by atoms with Gasteiger partial charge in [0.25, 0.3) is 0 Å². The molecule has 2 rings (SSSR count). The van der Waals surface area contributed by atoms with Crippen LogP contribution in [0.5, 0.6) is 0 Å². The Labute approximate surface area is 184 Å². The molecule has 1 aliphatic heterocycles. The summed E-state index contributed by atoms with van der Waals surface area (Å²) in [5.74, 6) is -1.39. The van der Waals surface area contributed by atoms with E-state index in [2.05, 4.69) is 10.0 Å². The highest BCUT2D eigenvalue weighted by molar-refractivity contribution is 7.88. The van der Waals surface area contributed by atoms with Crippen molar-refractivity contribution in [3.8, 4) is 0 Å². The third-order valence-electron chi connectivity index (χ3n) is 5.11. The lowest BCUT2D eigenvalue weighted by Gasteiger charge is -2.31. The summed E-state index contributed by atoms with van der Waals surface area (Å²) >= 11 is 0. The van der Waals surface area contributed by atoms with Crippen LogP contribution in [0.3, 0.4) is 0 Å². The normalized spacial score (nSPS) is 20.3. The molecule has 1 aromatic rings. The monoisotopic (exact) mass is 451 g/mol. The first-order valence-electron chi connectivity index (χ1n) is 10.2. The van der Waals surface area contributed by atoms with E-state index in [-0.39, 0.29) is 36.5 Å². The first-order chi connectivity index (χ1) is 14.3. The molecule has 1 fully saturated rings. The van der Waals surface area contributed by atoms with Gasteiger partial charge in [0.1, 0.15) is 12.1 Å². The molecule has 0 bridgehead atoms. The zero-order valence-electron chi connectivity index (χ0n) is 18.5. The Morgan fingerprint density at radius 1 is 1.26 bits per heavy atom. The number of rotatable bonds is 8. The zero-order chi connectivity index (χ0) is 23.4. The average Bonchev–Trinajstić information content (AvgIpc) is 3.09. The molecule has 1 heterocycles. The highest BCUT2D eigenvalue weighted by Crippen LogP contribution is 2.28. The van der Waals surface area contributed by atoms with E-state index in [0.29, 0.717) is 6.54 Å². The number of hydrogen-bond acceptors (Lipinski definition) is 5. The fourth-order valence-electron chi connectivity index (χ4n) is 3.71. The van der Waals surface area contributed by atoms with E-state index in [1.807, 2.05) is 51.1 Å². The van der Waals surface area contributed by atoms with Crippen molar-refractivity contribution in [3.63, 3.8) is 0 Å². The van der Waals surface area contributed by atoms with Crippen LogP contribution in [-0.4, -0.2) is 55.9 Å². The molecule has 31 heavy (non-hydrogen) atoms. The van der Waals surface area contributed by atoms with Gasteiger partial charge in [-0.15, -0.1) is 0 Å². The van der Waals surface area contributed by atoms with Crippen LogP contribution in [0, 0.1) is 16.7 Å². The van der Waals surface area contributed by atoms with Gasteiger partial charge in [-0.25, -0.2) is 13.1 Å². The van der Waals surface area contributed by atoms with Gasteiger partial charge in [0.15, 0.2) is 0 Å². The molecule has 9 nitrogen and oxygen atoms in total. The van der Waals surface area contributed by atoms with Crippen molar-refractivity contribution in [2.75, 3.05) is 12.8 Å². The van der Waals surface area contributed by atoms with Gasteiger partial charge < -0.3 is 16.0 Å². The molecule has 1 aliphatic rings. The van der Waals surface area contributed by atoms with E-state index in [9.17, 15) is 18.0 Å². The molecular formula is C21H33N5O4S. The number of benzene rings is 1. The SMILES string of the molecule is CC(C)(C)C[C@@H](NS(C)(=O)=O)C(=O)N1CC(C(=N)N)C[C@H]1C(=O)NCc1ccccc1. The number of nitrogens with two attached hydrogens (primary N) is 1. The second-order valence-corrected chi connectivity index (χ2v) is 11.1. The van der Waals surface area contributed by atoms with Crippen molar-refractivity contribution in [1.29, 1.82) is 5.41 Å². The van der Waals surface area contributed by atoms with Crippen molar-refractivity contribution < 1.29 is 18.0 Å². The van der Waals surface area contributed by atoms with Crippen molar-refractivity contribution >= 4 is 27.7 Å². The van der Waals surface area contributed by atoms with Crippen LogP contribution in [-0.2, 0) is 26.2 Å². The Morgan fingerprint density at radius 3 is 2.39 bits per heavy atom. The Kier molecular flexibility index (Phi) is 7.82. The number of amides is 2. The summed E-state index contributed by atoms with van der Waals surface area (Å²) in [6.45, 7) is 6.12. The number of sulfonamides is 1. The maximum absolute atomic E-state index is 13.4. The van der Waals surface area contributed by atoms with E-state index < -0.39 is 33.9 Å². The molecular weight excluding hydrogens is 418 g/mol. The van der Waals surface area contributed by atoms with Gasteiger partial charge in [0.05, 0.1) is 12.1 Å². The first kappa shape index (κ1) is 24.8. The smallest absolute Gasteiger partial charge is 0.243 e. The molecule has 5 N–H and O–H groups in total. The average molecular weight is 452 g/mol. The second-order valence-electron chi connectivity index (χ2n) is 9.31. The number of nitrogens with zero attached hydrogens (tertiary/aromatic N) is 1. The van der Waals surface area contributed by atoms with Gasteiger partial charge in [0.2, 0.25) is 21.8 Å². The van der Waals surface area contributed by atoms with Crippen LogP contribution in [0.4, 0.5) is 0 Å². The standard InChI is InChI=1S/C21H33N5O4S/c1-21(2,3)11-16(25-31(4,29)30)20(28)26-13-15(18(22)23)10-17(26)19(27)24-12-14-8-6-5-7-9-14/h5-9,15-17,25H,10-13H2,1-4H3,(H3,22,23)(H,24,27)/t15?,16-,17+/m1/s1. The summed E-state index contributed by atoms with van der Waals surface area (Å²) in [7, 11) is -3.65. The highest BCUT2D eigenvalue weighted by Gasteiger charge is 2.43. The molecule has 172 valence electrons. The summed E-state index contributed by atoms with van der Waals surface area (Å²) < 4.78 is 26.2. The predicted octanol–water partition coefficient (Wildman–Crippen LogP) is 0.810. The van der Waals surface area contributed by atoms with Crippen LogP contribution in [0.1, 0.15) is 39.2 Å².